The van der Waals surface area contributed by atoms with E-state index >= 15 is 0 Å². The summed E-state index contributed by atoms with van der Waals surface area (Å²) in [4.78, 5) is 0. The molecule has 0 rings (SSSR count). The molecule has 0 radical (unpaired) electrons. The van der Waals surface area contributed by atoms with Crippen LogP contribution in [0.2, 0.25) is 0 Å². The highest BCUT2D eigenvalue weighted by Crippen LogP contribution is 2.23. The van der Waals surface area contributed by atoms with Crippen LogP contribution in [0, 0.1) is 5.92 Å². The maximum Gasteiger partial charge on any atom is 0.00986 e. The van der Waals surface area contributed by atoms with Crippen LogP contribution >= 0.6 is 0 Å². The van der Waals surface area contributed by atoms with Crippen molar-refractivity contribution in [3.8, 4) is 0 Å². The van der Waals surface area contributed by atoms with Gasteiger partial charge in [-0.3, -0.25) is 0 Å². The van der Waals surface area contributed by atoms with Gasteiger partial charge in [0.15, 0.2) is 0 Å². The first-order valence-corrected chi connectivity index (χ1v) is 5.63. The summed E-state index contributed by atoms with van der Waals surface area (Å²) in [5.41, 5.74) is 4.02. The van der Waals surface area contributed by atoms with E-state index in [1.807, 2.05) is 13.1 Å². The highest BCUT2D eigenvalue weighted by Gasteiger charge is 2.14. The summed E-state index contributed by atoms with van der Waals surface area (Å²) in [6.07, 6.45) is 4.04. The van der Waals surface area contributed by atoms with Crippen LogP contribution in [0.5, 0.6) is 0 Å². The zero-order valence-corrected chi connectivity index (χ0v) is 11.0. The zero-order chi connectivity index (χ0) is 12.0. The summed E-state index contributed by atoms with van der Waals surface area (Å²) >= 11 is 0. The molecule has 1 nitrogen and oxygen atoms in total. The number of hydrogen-bond donors (Lipinski definition) is 1. The van der Waals surface area contributed by atoms with E-state index < -0.39 is 0 Å². The Morgan fingerprint density at radius 3 is 2.13 bits per heavy atom. The molecule has 86 valence electrons. The summed E-state index contributed by atoms with van der Waals surface area (Å²) in [6, 6.07) is 0.503. The lowest BCUT2D eigenvalue weighted by Gasteiger charge is -2.22. The van der Waals surface area contributed by atoms with Gasteiger partial charge in [-0.05, 0) is 51.8 Å². The first-order chi connectivity index (χ1) is 6.99. The van der Waals surface area contributed by atoms with E-state index in [-0.39, 0.29) is 0 Å². The number of allylic oxidation sites excluding steroid dienone is 4. The summed E-state index contributed by atoms with van der Waals surface area (Å²) in [5.74, 6) is 0.546. The maximum atomic E-state index is 3.84. The van der Waals surface area contributed by atoms with Crippen LogP contribution in [0.3, 0.4) is 0 Å². The number of hydrogen-bond acceptors (Lipinski definition) is 1. The Labute approximate surface area is 95.0 Å². The molecule has 2 unspecified atom stereocenters. The summed E-state index contributed by atoms with van der Waals surface area (Å²) < 4.78 is 0. The zero-order valence-electron chi connectivity index (χ0n) is 11.0. The lowest BCUT2D eigenvalue weighted by Crippen LogP contribution is -2.29. The molecule has 0 saturated heterocycles. The Kier molecular flexibility index (Phi) is 6.26. The molecular weight excluding hydrogens is 182 g/mol. The lowest BCUT2D eigenvalue weighted by atomic mass is 9.89. The third-order valence-corrected chi connectivity index (χ3v) is 3.44. The molecule has 1 N–H and O–H groups in total. The Balaban J connectivity index is 5.00. The van der Waals surface area contributed by atoms with Crippen molar-refractivity contribution in [2.24, 2.45) is 5.92 Å². The largest absolute Gasteiger partial charge is 0.317 e. The van der Waals surface area contributed by atoms with Crippen LogP contribution < -0.4 is 5.32 Å². The molecule has 15 heavy (non-hydrogen) atoms. The summed E-state index contributed by atoms with van der Waals surface area (Å²) in [6.45, 7) is 14.8. The van der Waals surface area contributed by atoms with Gasteiger partial charge in [0.05, 0.1) is 0 Å². The van der Waals surface area contributed by atoms with Crippen molar-refractivity contribution in [1.29, 1.82) is 0 Å². The van der Waals surface area contributed by atoms with E-state index in [4.69, 9.17) is 0 Å². The van der Waals surface area contributed by atoms with E-state index in [9.17, 15) is 0 Å². The molecule has 1 heteroatoms. The number of nitrogens with one attached hydrogen (secondary N) is 1. The fourth-order valence-corrected chi connectivity index (χ4v) is 1.68. The molecule has 0 heterocycles. The van der Waals surface area contributed by atoms with Gasteiger partial charge in [-0.25, -0.2) is 0 Å². The second-order valence-corrected chi connectivity index (χ2v) is 4.12. The predicted octanol–water partition coefficient (Wildman–Crippen LogP) is 3.70. The summed E-state index contributed by atoms with van der Waals surface area (Å²) in [7, 11) is 2.01. The average molecular weight is 207 g/mol. The molecule has 0 saturated carbocycles. The van der Waals surface area contributed by atoms with Crippen LogP contribution in [-0.4, -0.2) is 13.1 Å². The molecule has 0 bridgehead atoms. The van der Waals surface area contributed by atoms with E-state index in [0.717, 1.165) is 0 Å². The SMILES string of the molecule is C=CC(=C\C)/C(C)=C(/C)C(C)C(C)NC. The third-order valence-electron chi connectivity index (χ3n) is 3.44. The van der Waals surface area contributed by atoms with Crippen LogP contribution in [0.15, 0.2) is 35.5 Å². The molecular formula is C14H25N. The average Bonchev–Trinajstić information content (AvgIpc) is 2.27. The molecule has 0 amide bonds. The van der Waals surface area contributed by atoms with Gasteiger partial charge in [0.1, 0.15) is 0 Å². The first-order valence-electron chi connectivity index (χ1n) is 5.63. The van der Waals surface area contributed by atoms with Crippen molar-refractivity contribution in [2.75, 3.05) is 7.05 Å². The molecule has 0 aliphatic heterocycles. The standard InChI is InChI=1S/C14H25N/c1-8-14(9-2)12(5)10(3)11(4)13(6)15-7/h8-9,11,13,15H,1H2,2-7H3/b12-10-,14-9+. The molecule has 2 atom stereocenters. The van der Waals surface area contributed by atoms with Gasteiger partial charge in [0.2, 0.25) is 0 Å². The number of rotatable bonds is 5. The maximum absolute atomic E-state index is 3.84. The minimum Gasteiger partial charge on any atom is -0.317 e. The molecule has 0 aromatic heterocycles. The fourth-order valence-electron chi connectivity index (χ4n) is 1.68. The quantitative estimate of drug-likeness (QED) is 0.678. The van der Waals surface area contributed by atoms with Crippen LogP contribution in [-0.2, 0) is 0 Å². The topological polar surface area (TPSA) is 12.0 Å². The lowest BCUT2D eigenvalue weighted by molar-refractivity contribution is 0.476. The van der Waals surface area contributed by atoms with Gasteiger partial charge in [-0.1, -0.05) is 31.2 Å². The fraction of sp³-hybridized carbons (Fsp3) is 0.571. The molecule has 0 aliphatic carbocycles. The van der Waals surface area contributed by atoms with Crippen molar-refractivity contribution in [1.82, 2.24) is 5.32 Å². The van der Waals surface area contributed by atoms with E-state index in [2.05, 4.69) is 52.6 Å². The Morgan fingerprint density at radius 2 is 1.80 bits per heavy atom. The van der Waals surface area contributed by atoms with Gasteiger partial charge >= 0.3 is 0 Å². The predicted molar refractivity (Wildman–Crippen MR) is 70.0 cm³/mol. The van der Waals surface area contributed by atoms with Crippen LogP contribution in [0.4, 0.5) is 0 Å². The van der Waals surface area contributed by atoms with Gasteiger partial charge in [0, 0.05) is 6.04 Å². The molecule has 0 fully saturated rings. The second kappa shape index (κ2) is 6.62. The highest BCUT2D eigenvalue weighted by molar-refractivity contribution is 5.40. The Bertz CT molecular complexity index is 271. The molecule has 0 aromatic carbocycles. The smallest absolute Gasteiger partial charge is 0.00986 e. The van der Waals surface area contributed by atoms with Crippen molar-refractivity contribution < 1.29 is 0 Å². The molecule has 0 spiro atoms. The third kappa shape index (κ3) is 3.67. The minimum absolute atomic E-state index is 0.503. The minimum atomic E-state index is 0.503. The molecule has 0 aromatic rings. The van der Waals surface area contributed by atoms with Crippen molar-refractivity contribution in [3.05, 3.63) is 35.5 Å². The van der Waals surface area contributed by atoms with Gasteiger partial charge in [-0.2, -0.15) is 0 Å². The van der Waals surface area contributed by atoms with Crippen LogP contribution in [0.1, 0.15) is 34.6 Å². The summed E-state index contributed by atoms with van der Waals surface area (Å²) in [5, 5.41) is 3.30. The van der Waals surface area contributed by atoms with Crippen molar-refractivity contribution in [3.63, 3.8) is 0 Å². The highest BCUT2D eigenvalue weighted by atomic mass is 14.9. The van der Waals surface area contributed by atoms with E-state index in [0.29, 0.717) is 12.0 Å². The van der Waals surface area contributed by atoms with Gasteiger partial charge < -0.3 is 5.32 Å². The second-order valence-electron chi connectivity index (χ2n) is 4.12. The first kappa shape index (κ1) is 14.2. The van der Waals surface area contributed by atoms with Crippen molar-refractivity contribution in [2.45, 2.75) is 40.7 Å². The monoisotopic (exact) mass is 207 g/mol. The van der Waals surface area contributed by atoms with Crippen molar-refractivity contribution >= 4 is 0 Å². The normalized spacial score (nSPS) is 18.1. The van der Waals surface area contributed by atoms with Gasteiger partial charge in [-0.15, -0.1) is 0 Å². The van der Waals surface area contributed by atoms with Crippen LogP contribution in [0.25, 0.3) is 0 Å². The molecule has 0 aliphatic rings. The Hall–Kier alpha value is -0.820. The van der Waals surface area contributed by atoms with Gasteiger partial charge in [0.25, 0.3) is 0 Å². The van der Waals surface area contributed by atoms with E-state index in [1.165, 1.54) is 16.7 Å². The van der Waals surface area contributed by atoms with E-state index in [1.54, 1.807) is 0 Å². The Morgan fingerprint density at radius 1 is 1.27 bits per heavy atom.